The Balaban J connectivity index is 2.23. The maximum Gasteiger partial charge on any atom is 0.292 e. The Morgan fingerprint density at radius 3 is 2.85 bits per heavy atom. The first kappa shape index (κ1) is 14.3. The summed E-state index contributed by atoms with van der Waals surface area (Å²) >= 11 is 0. The van der Waals surface area contributed by atoms with Gasteiger partial charge in [0.15, 0.2) is 0 Å². The Morgan fingerprint density at radius 1 is 1.50 bits per heavy atom. The van der Waals surface area contributed by atoms with Crippen molar-refractivity contribution < 1.29 is 9.72 Å². The molecule has 7 nitrogen and oxygen atoms in total. The molecule has 0 radical (unpaired) electrons. The smallest absolute Gasteiger partial charge is 0.292 e. The standard InChI is InChI=1S/C13H18N4O3/c1-13(2)12(18)15-5-6-16(13)8-9-3-4-10(14)11(7-9)17(19)20/h3-4,7H,5-6,8,14H2,1-2H3,(H,15,18). The van der Waals surface area contributed by atoms with Crippen molar-refractivity contribution >= 4 is 17.3 Å². The summed E-state index contributed by atoms with van der Waals surface area (Å²) in [7, 11) is 0. The molecule has 1 aromatic carbocycles. The van der Waals surface area contributed by atoms with Crippen molar-refractivity contribution in [2.75, 3.05) is 18.8 Å². The SMILES string of the molecule is CC1(C)C(=O)NCCN1Cc1ccc(N)c([N+](=O)[O-])c1. The van der Waals surface area contributed by atoms with Crippen LogP contribution in [0, 0.1) is 10.1 Å². The van der Waals surface area contributed by atoms with Crippen molar-refractivity contribution in [3.05, 3.63) is 33.9 Å². The number of nitro benzene ring substituents is 1. The van der Waals surface area contributed by atoms with Gasteiger partial charge in [-0.2, -0.15) is 0 Å². The fraction of sp³-hybridized carbons (Fsp3) is 0.462. The van der Waals surface area contributed by atoms with Gasteiger partial charge in [-0.15, -0.1) is 0 Å². The van der Waals surface area contributed by atoms with Crippen molar-refractivity contribution in [2.24, 2.45) is 0 Å². The number of nitro groups is 1. The normalized spacial score (nSPS) is 18.6. The molecule has 0 unspecified atom stereocenters. The average Bonchev–Trinajstić information content (AvgIpc) is 2.37. The zero-order valence-electron chi connectivity index (χ0n) is 11.5. The van der Waals surface area contributed by atoms with Gasteiger partial charge in [-0.3, -0.25) is 19.8 Å². The lowest BCUT2D eigenvalue weighted by atomic mass is 9.98. The van der Waals surface area contributed by atoms with Gasteiger partial charge in [0, 0.05) is 25.7 Å². The molecule has 3 N–H and O–H groups in total. The molecule has 108 valence electrons. The van der Waals surface area contributed by atoms with Crippen LogP contribution in [-0.4, -0.2) is 34.4 Å². The van der Waals surface area contributed by atoms with Crippen molar-refractivity contribution in [3.63, 3.8) is 0 Å². The van der Waals surface area contributed by atoms with Crippen molar-refractivity contribution in [1.29, 1.82) is 0 Å². The maximum absolute atomic E-state index is 11.9. The lowest BCUT2D eigenvalue weighted by Gasteiger charge is -2.41. The number of carbonyl (C=O) groups is 1. The fourth-order valence-electron chi connectivity index (χ4n) is 2.29. The molecule has 1 fully saturated rings. The number of nitrogen functional groups attached to an aromatic ring is 1. The number of nitrogens with one attached hydrogen (secondary N) is 1. The second kappa shape index (κ2) is 5.09. The topological polar surface area (TPSA) is 102 Å². The van der Waals surface area contributed by atoms with Crippen LogP contribution in [0.15, 0.2) is 18.2 Å². The molecular formula is C13H18N4O3. The first-order valence-corrected chi connectivity index (χ1v) is 6.38. The maximum atomic E-state index is 11.9. The summed E-state index contributed by atoms with van der Waals surface area (Å²) in [6.45, 7) is 5.44. The summed E-state index contributed by atoms with van der Waals surface area (Å²) in [6.07, 6.45) is 0. The van der Waals surface area contributed by atoms with E-state index >= 15 is 0 Å². The Labute approximate surface area is 116 Å². The second-order valence-electron chi connectivity index (χ2n) is 5.39. The zero-order valence-corrected chi connectivity index (χ0v) is 11.5. The summed E-state index contributed by atoms with van der Waals surface area (Å²) in [5, 5.41) is 13.7. The third-order valence-electron chi connectivity index (χ3n) is 3.68. The number of nitrogens with zero attached hydrogens (tertiary/aromatic N) is 2. The number of nitrogens with two attached hydrogens (primary N) is 1. The Morgan fingerprint density at radius 2 is 2.20 bits per heavy atom. The summed E-state index contributed by atoms with van der Waals surface area (Å²) in [4.78, 5) is 24.3. The fourth-order valence-corrected chi connectivity index (χ4v) is 2.29. The van der Waals surface area contributed by atoms with Crippen LogP contribution in [0.5, 0.6) is 0 Å². The molecule has 0 atom stereocenters. The number of benzene rings is 1. The van der Waals surface area contributed by atoms with E-state index in [1.54, 1.807) is 6.07 Å². The van der Waals surface area contributed by atoms with Gasteiger partial charge in [-0.25, -0.2) is 0 Å². The predicted octanol–water partition coefficient (Wildman–Crippen LogP) is 0.887. The van der Waals surface area contributed by atoms with Crippen molar-refractivity contribution in [2.45, 2.75) is 25.9 Å². The molecule has 1 amide bonds. The number of carbonyl (C=O) groups excluding carboxylic acids is 1. The zero-order chi connectivity index (χ0) is 14.9. The van der Waals surface area contributed by atoms with Crippen LogP contribution in [0.3, 0.4) is 0 Å². The van der Waals surface area contributed by atoms with Gasteiger partial charge in [0.1, 0.15) is 5.69 Å². The molecule has 20 heavy (non-hydrogen) atoms. The third kappa shape index (κ3) is 2.57. The Bertz CT molecular complexity index is 557. The molecular weight excluding hydrogens is 260 g/mol. The lowest BCUT2D eigenvalue weighted by Crippen LogP contribution is -2.61. The summed E-state index contributed by atoms with van der Waals surface area (Å²) in [6, 6.07) is 4.76. The van der Waals surface area contributed by atoms with Crippen LogP contribution < -0.4 is 11.1 Å². The molecule has 7 heteroatoms. The molecule has 0 saturated carbocycles. The van der Waals surface area contributed by atoms with Crippen molar-refractivity contribution in [3.8, 4) is 0 Å². The van der Waals surface area contributed by atoms with Gasteiger partial charge in [-0.05, 0) is 25.5 Å². The van der Waals surface area contributed by atoms with Crippen LogP contribution in [-0.2, 0) is 11.3 Å². The molecule has 0 aliphatic carbocycles. The minimum Gasteiger partial charge on any atom is -0.393 e. The minimum absolute atomic E-state index is 0.0336. The quantitative estimate of drug-likeness (QED) is 0.485. The van der Waals surface area contributed by atoms with E-state index in [0.29, 0.717) is 19.6 Å². The van der Waals surface area contributed by atoms with Crippen LogP contribution in [0.1, 0.15) is 19.4 Å². The molecule has 1 aliphatic rings. The molecule has 0 bridgehead atoms. The number of piperazine rings is 1. The number of rotatable bonds is 3. The predicted molar refractivity (Wildman–Crippen MR) is 75.0 cm³/mol. The minimum atomic E-state index is -0.631. The lowest BCUT2D eigenvalue weighted by molar-refractivity contribution is -0.384. The number of anilines is 1. The van der Waals surface area contributed by atoms with E-state index in [0.717, 1.165) is 5.56 Å². The van der Waals surface area contributed by atoms with E-state index in [2.05, 4.69) is 5.32 Å². The summed E-state index contributed by atoms with van der Waals surface area (Å²) in [5.41, 5.74) is 5.77. The molecule has 0 aromatic heterocycles. The van der Waals surface area contributed by atoms with Gasteiger partial charge in [0.25, 0.3) is 5.69 Å². The largest absolute Gasteiger partial charge is 0.393 e. The number of hydrogen-bond donors (Lipinski definition) is 2. The van der Waals surface area contributed by atoms with Crippen LogP contribution in [0.2, 0.25) is 0 Å². The molecule has 1 heterocycles. The van der Waals surface area contributed by atoms with Gasteiger partial charge in [-0.1, -0.05) is 6.07 Å². The van der Waals surface area contributed by atoms with Gasteiger partial charge >= 0.3 is 0 Å². The summed E-state index contributed by atoms with van der Waals surface area (Å²) < 4.78 is 0. The highest BCUT2D eigenvalue weighted by Gasteiger charge is 2.37. The van der Waals surface area contributed by atoms with Gasteiger partial charge in [0.2, 0.25) is 5.91 Å². The summed E-state index contributed by atoms with van der Waals surface area (Å²) in [5.74, 6) is -0.0336. The third-order valence-corrected chi connectivity index (χ3v) is 3.68. The van der Waals surface area contributed by atoms with E-state index in [1.165, 1.54) is 12.1 Å². The highest BCUT2D eigenvalue weighted by Crippen LogP contribution is 2.25. The van der Waals surface area contributed by atoms with E-state index in [1.807, 2.05) is 18.7 Å². The van der Waals surface area contributed by atoms with Crippen molar-refractivity contribution in [1.82, 2.24) is 10.2 Å². The Kier molecular flexibility index (Phi) is 3.63. The first-order valence-electron chi connectivity index (χ1n) is 6.38. The average molecular weight is 278 g/mol. The van der Waals surface area contributed by atoms with Gasteiger partial charge < -0.3 is 11.1 Å². The van der Waals surface area contributed by atoms with E-state index in [-0.39, 0.29) is 17.3 Å². The van der Waals surface area contributed by atoms with Crippen LogP contribution in [0.25, 0.3) is 0 Å². The van der Waals surface area contributed by atoms with Crippen LogP contribution in [0.4, 0.5) is 11.4 Å². The van der Waals surface area contributed by atoms with E-state index in [9.17, 15) is 14.9 Å². The molecule has 1 aliphatic heterocycles. The second-order valence-corrected chi connectivity index (χ2v) is 5.39. The molecule has 1 saturated heterocycles. The monoisotopic (exact) mass is 278 g/mol. The van der Waals surface area contributed by atoms with Crippen LogP contribution >= 0.6 is 0 Å². The van der Waals surface area contributed by atoms with Gasteiger partial charge in [0.05, 0.1) is 10.5 Å². The molecule has 1 aromatic rings. The Hall–Kier alpha value is -2.15. The first-order chi connectivity index (χ1) is 9.32. The molecule has 0 spiro atoms. The van der Waals surface area contributed by atoms with E-state index < -0.39 is 10.5 Å². The van der Waals surface area contributed by atoms with E-state index in [4.69, 9.17) is 5.73 Å². The number of hydrogen-bond acceptors (Lipinski definition) is 5. The molecule has 2 rings (SSSR count). The highest BCUT2D eigenvalue weighted by atomic mass is 16.6. The number of amides is 1. The highest BCUT2D eigenvalue weighted by molar-refractivity contribution is 5.86.